The predicted octanol–water partition coefficient (Wildman–Crippen LogP) is 1.80. The SMILES string of the molecule is CCCC(=O)O[C@H]1C[C@](C)(OC(C)=O)[C@H]2C[C@@H](C)C(C)=C2[C@@H]2OC(=O)[C@@](C)(O)[C@@]12O. The first-order chi connectivity index (χ1) is 13.8. The van der Waals surface area contributed by atoms with Gasteiger partial charge in [0.15, 0.2) is 17.3 Å². The van der Waals surface area contributed by atoms with E-state index in [1.807, 2.05) is 20.8 Å². The number of fused-ring (bicyclic) bond motifs is 3. The van der Waals surface area contributed by atoms with Crippen LogP contribution in [0.25, 0.3) is 0 Å². The lowest BCUT2D eigenvalue weighted by Crippen LogP contribution is -2.64. The molecule has 8 heteroatoms. The van der Waals surface area contributed by atoms with Crippen molar-refractivity contribution in [1.82, 2.24) is 0 Å². The number of esters is 3. The summed E-state index contributed by atoms with van der Waals surface area (Å²) in [4.78, 5) is 36.9. The summed E-state index contributed by atoms with van der Waals surface area (Å²) in [6.07, 6.45) is -1.32. The average molecular weight is 424 g/mol. The van der Waals surface area contributed by atoms with Gasteiger partial charge in [0.05, 0.1) is 0 Å². The zero-order valence-electron chi connectivity index (χ0n) is 18.5. The van der Waals surface area contributed by atoms with Crippen molar-refractivity contribution < 1.29 is 38.8 Å². The van der Waals surface area contributed by atoms with Gasteiger partial charge in [0.25, 0.3) is 0 Å². The molecule has 3 rings (SSSR count). The van der Waals surface area contributed by atoms with Crippen LogP contribution < -0.4 is 0 Å². The highest BCUT2D eigenvalue weighted by molar-refractivity contribution is 5.85. The van der Waals surface area contributed by atoms with Crippen LogP contribution >= 0.6 is 0 Å². The van der Waals surface area contributed by atoms with Gasteiger partial charge in [-0.05, 0) is 45.1 Å². The van der Waals surface area contributed by atoms with Gasteiger partial charge in [0.2, 0.25) is 0 Å². The van der Waals surface area contributed by atoms with Crippen molar-refractivity contribution in [2.45, 2.75) is 96.2 Å². The van der Waals surface area contributed by atoms with Crippen molar-refractivity contribution in [2.75, 3.05) is 0 Å². The van der Waals surface area contributed by atoms with Gasteiger partial charge in [-0.25, -0.2) is 4.79 Å². The van der Waals surface area contributed by atoms with Crippen molar-refractivity contribution in [1.29, 1.82) is 0 Å². The van der Waals surface area contributed by atoms with Gasteiger partial charge in [0.1, 0.15) is 11.7 Å². The number of carbonyl (C=O) groups excluding carboxylic acids is 3. The number of allylic oxidation sites excluding steroid dienone is 1. The third kappa shape index (κ3) is 3.15. The van der Waals surface area contributed by atoms with E-state index in [9.17, 15) is 24.6 Å². The first kappa shape index (κ1) is 22.7. The molecule has 0 aromatic rings. The van der Waals surface area contributed by atoms with Crippen LogP contribution in [0.4, 0.5) is 0 Å². The Kier molecular flexibility index (Phi) is 5.56. The zero-order chi connectivity index (χ0) is 22.6. The van der Waals surface area contributed by atoms with Gasteiger partial charge in [-0.15, -0.1) is 0 Å². The molecule has 8 nitrogen and oxygen atoms in total. The Morgan fingerprint density at radius 2 is 1.90 bits per heavy atom. The molecule has 1 heterocycles. The second kappa shape index (κ2) is 7.34. The van der Waals surface area contributed by atoms with Crippen LogP contribution in [0.2, 0.25) is 0 Å². The average Bonchev–Trinajstić information content (AvgIpc) is 2.98. The van der Waals surface area contributed by atoms with E-state index >= 15 is 0 Å². The first-order valence-corrected chi connectivity index (χ1v) is 10.5. The van der Waals surface area contributed by atoms with Gasteiger partial charge in [-0.1, -0.05) is 19.4 Å². The number of rotatable bonds is 4. The van der Waals surface area contributed by atoms with Crippen LogP contribution in [0, 0.1) is 11.8 Å². The Bertz CT molecular complexity index is 799. The van der Waals surface area contributed by atoms with Crippen LogP contribution in [0.1, 0.15) is 67.2 Å². The smallest absolute Gasteiger partial charge is 0.341 e. The fourth-order valence-corrected chi connectivity index (χ4v) is 5.36. The molecule has 2 fully saturated rings. The molecule has 1 saturated heterocycles. The molecule has 0 aromatic carbocycles. The van der Waals surface area contributed by atoms with E-state index < -0.39 is 46.9 Å². The molecular formula is C22H32O8. The van der Waals surface area contributed by atoms with Crippen molar-refractivity contribution in [3.8, 4) is 0 Å². The minimum absolute atomic E-state index is 0.0734. The van der Waals surface area contributed by atoms with Crippen LogP contribution in [0.5, 0.6) is 0 Å². The topological polar surface area (TPSA) is 119 Å². The number of ether oxygens (including phenoxy) is 3. The number of aliphatic hydroxyl groups is 2. The Hall–Kier alpha value is -1.93. The summed E-state index contributed by atoms with van der Waals surface area (Å²) in [5.74, 6) is -2.30. The summed E-state index contributed by atoms with van der Waals surface area (Å²) in [5, 5.41) is 22.9. The van der Waals surface area contributed by atoms with Gasteiger partial charge >= 0.3 is 17.9 Å². The van der Waals surface area contributed by atoms with Gasteiger partial charge in [-0.2, -0.15) is 0 Å². The molecule has 1 aliphatic heterocycles. The lowest BCUT2D eigenvalue weighted by atomic mass is 9.75. The number of carbonyl (C=O) groups is 3. The van der Waals surface area contributed by atoms with E-state index in [2.05, 4.69) is 0 Å². The molecule has 168 valence electrons. The summed E-state index contributed by atoms with van der Waals surface area (Å²) in [6, 6.07) is 0. The molecule has 0 spiro atoms. The number of hydrogen-bond acceptors (Lipinski definition) is 8. The molecule has 0 bridgehead atoms. The molecule has 0 aromatic heterocycles. The fraction of sp³-hybridized carbons (Fsp3) is 0.773. The van der Waals surface area contributed by atoms with Gasteiger partial charge in [0, 0.05) is 25.7 Å². The van der Waals surface area contributed by atoms with Crippen molar-refractivity contribution >= 4 is 17.9 Å². The van der Waals surface area contributed by atoms with Gasteiger partial charge < -0.3 is 24.4 Å². The maximum absolute atomic E-state index is 12.6. The standard InChI is InChI=1S/C22H32O8/c1-7-8-16(24)28-15-10-20(5,30-13(4)23)14-9-11(2)12(3)17(14)18-22(15,27)21(6,26)19(25)29-18/h11,14-15,18,26-27H,7-10H2,1-6H3/t11-,14+,15+,18+,20+,21-,22-/m1/s1. The Morgan fingerprint density at radius 1 is 1.27 bits per heavy atom. The first-order valence-electron chi connectivity index (χ1n) is 10.5. The second-order valence-electron chi connectivity index (χ2n) is 9.35. The summed E-state index contributed by atoms with van der Waals surface area (Å²) in [5.41, 5.74) is -4.10. The lowest BCUT2D eigenvalue weighted by molar-refractivity contribution is -0.210. The maximum atomic E-state index is 12.6. The van der Waals surface area contributed by atoms with E-state index in [4.69, 9.17) is 14.2 Å². The van der Waals surface area contributed by atoms with Crippen LogP contribution in [0.15, 0.2) is 11.1 Å². The third-order valence-corrected chi connectivity index (χ3v) is 7.17. The molecule has 2 N–H and O–H groups in total. The maximum Gasteiger partial charge on any atom is 0.341 e. The molecular weight excluding hydrogens is 392 g/mol. The Morgan fingerprint density at radius 3 is 2.47 bits per heavy atom. The van der Waals surface area contributed by atoms with E-state index in [1.165, 1.54) is 13.8 Å². The van der Waals surface area contributed by atoms with Crippen LogP contribution in [-0.2, 0) is 28.6 Å². The monoisotopic (exact) mass is 424 g/mol. The molecule has 0 unspecified atom stereocenters. The molecule has 3 aliphatic rings. The number of hydrogen-bond donors (Lipinski definition) is 2. The highest BCUT2D eigenvalue weighted by atomic mass is 16.6. The lowest BCUT2D eigenvalue weighted by Gasteiger charge is -2.41. The predicted molar refractivity (Wildman–Crippen MR) is 105 cm³/mol. The summed E-state index contributed by atoms with van der Waals surface area (Å²) < 4.78 is 16.9. The third-order valence-electron chi connectivity index (χ3n) is 7.17. The molecule has 0 radical (unpaired) electrons. The van der Waals surface area contributed by atoms with E-state index in [0.29, 0.717) is 18.4 Å². The highest BCUT2D eigenvalue weighted by Gasteiger charge is 2.74. The van der Waals surface area contributed by atoms with E-state index in [0.717, 1.165) is 5.57 Å². The zero-order valence-corrected chi connectivity index (χ0v) is 18.5. The molecule has 7 atom stereocenters. The van der Waals surface area contributed by atoms with Crippen molar-refractivity contribution in [2.24, 2.45) is 11.8 Å². The van der Waals surface area contributed by atoms with Crippen molar-refractivity contribution in [3.05, 3.63) is 11.1 Å². The second-order valence-corrected chi connectivity index (χ2v) is 9.35. The largest absolute Gasteiger partial charge is 0.459 e. The van der Waals surface area contributed by atoms with Crippen LogP contribution in [-0.4, -0.2) is 57.1 Å². The summed E-state index contributed by atoms with van der Waals surface area (Å²) >= 11 is 0. The molecule has 1 saturated carbocycles. The normalized spacial score (nSPS) is 42.9. The van der Waals surface area contributed by atoms with Crippen LogP contribution in [0.3, 0.4) is 0 Å². The molecule has 2 aliphatic carbocycles. The Balaban J connectivity index is 2.21. The quantitative estimate of drug-likeness (QED) is 0.398. The van der Waals surface area contributed by atoms with Crippen molar-refractivity contribution in [3.63, 3.8) is 0 Å². The summed E-state index contributed by atoms with van der Waals surface area (Å²) in [6.45, 7) is 9.93. The molecule has 0 amide bonds. The minimum atomic E-state index is -2.31. The summed E-state index contributed by atoms with van der Waals surface area (Å²) in [7, 11) is 0. The van der Waals surface area contributed by atoms with E-state index in [-0.39, 0.29) is 24.7 Å². The van der Waals surface area contributed by atoms with Gasteiger partial charge in [-0.3, -0.25) is 9.59 Å². The minimum Gasteiger partial charge on any atom is -0.459 e. The van der Waals surface area contributed by atoms with E-state index in [1.54, 1.807) is 6.92 Å². The Labute approximate surface area is 176 Å². The highest BCUT2D eigenvalue weighted by Crippen LogP contribution is 2.57. The fourth-order valence-electron chi connectivity index (χ4n) is 5.36. The molecule has 30 heavy (non-hydrogen) atoms.